The van der Waals surface area contributed by atoms with E-state index in [1.165, 1.54) is 0 Å². The Kier molecular flexibility index (Phi) is 4.90. The molecule has 2 atom stereocenters. The number of amides is 1. The first-order valence-electron chi connectivity index (χ1n) is 8.03. The Bertz CT molecular complexity index is 846. The molecule has 0 aliphatic heterocycles. The molecule has 0 radical (unpaired) electrons. The molecule has 0 bridgehead atoms. The Hall–Kier alpha value is -2.99. The predicted molar refractivity (Wildman–Crippen MR) is 93.8 cm³/mol. The van der Waals surface area contributed by atoms with Gasteiger partial charge in [0.15, 0.2) is 5.69 Å². The van der Waals surface area contributed by atoms with Gasteiger partial charge >= 0.3 is 0 Å². The van der Waals surface area contributed by atoms with Gasteiger partial charge in [-0.05, 0) is 18.1 Å². The Morgan fingerprint density at radius 2 is 1.60 bits per heavy atom. The summed E-state index contributed by atoms with van der Waals surface area (Å²) in [5.74, 6) is -0.366. The number of rotatable bonds is 5. The van der Waals surface area contributed by atoms with Gasteiger partial charge in [0.2, 0.25) is 0 Å². The standard InChI is InChI=1S/C19H20N4O2/c1-13-16(21-22-23(13)2)19(25)20-17(14-9-5-3-6-10-14)18(24)15-11-7-4-8-12-15/h3-12,17-18,24H,1-2H3,(H,20,25)/t17-,18+/m1/s1. The molecule has 0 unspecified atom stereocenters. The summed E-state index contributed by atoms with van der Waals surface area (Å²) in [6, 6.07) is 18.1. The number of aromatic nitrogens is 3. The van der Waals surface area contributed by atoms with Gasteiger partial charge in [0.05, 0.1) is 11.7 Å². The number of hydrogen-bond donors (Lipinski definition) is 2. The monoisotopic (exact) mass is 336 g/mol. The van der Waals surface area contributed by atoms with Crippen molar-refractivity contribution < 1.29 is 9.90 Å². The Balaban J connectivity index is 1.92. The second-order valence-corrected chi connectivity index (χ2v) is 5.86. The van der Waals surface area contributed by atoms with Crippen molar-refractivity contribution in [2.75, 3.05) is 0 Å². The van der Waals surface area contributed by atoms with Crippen molar-refractivity contribution in [2.45, 2.75) is 19.1 Å². The van der Waals surface area contributed by atoms with E-state index in [4.69, 9.17) is 0 Å². The molecule has 0 spiro atoms. The number of carbonyl (C=O) groups excluding carboxylic acids is 1. The number of nitrogens with zero attached hydrogens (tertiary/aromatic N) is 3. The van der Waals surface area contributed by atoms with Crippen molar-refractivity contribution in [3.63, 3.8) is 0 Å². The maximum atomic E-state index is 12.7. The molecule has 3 rings (SSSR count). The fourth-order valence-corrected chi connectivity index (χ4v) is 2.67. The smallest absolute Gasteiger partial charge is 0.274 e. The number of carbonyl (C=O) groups is 1. The molecule has 6 heteroatoms. The van der Waals surface area contributed by atoms with Gasteiger partial charge in [-0.3, -0.25) is 9.48 Å². The average Bonchev–Trinajstić information content (AvgIpc) is 2.99. The van der Waals surface area contributed by atoms with E-state index < -0.39 is 12.1 Å². The van der Waals surface area contributed by atoms with Crippen LogP contribution in [0, 0.1) is 6.92 Å². The van der Waals surface area contributed by atoms with Gasteiger partial charge in [-0.1, -0.05) is 65.9 Å². The average molecular weight is 336 g/mol. The number of hydrogen-bond acceptors (Lipinski definition) is 4. The van der Waals surface area contributed by atoms with Crippen LogP contribution in [0.2, 0.25) is 0 Å². The fraction of sp³-hybridized carbons (Fsp3) is 0.211. The molecular formula is C19H20N4O2. The van der Waals surface area contributed by atoms with E-state index in [2.05, 4.69) is 15.6 Å². The predicted octanol–water partition coefficient (Wildman–Crippen LogP) is 2.33. The molecule has 6 nitrogen and oxygen atoms in total. The summed E-state index contributed by atoms with van der Waals surface area (Å²) < 4.78 is 1.54. The highest BCUT2D eigenvalue weighted by Gasteiger charge is 2.26. The summed E-state index contributed by atoms with van der Waals surface area (Å²) in [4.78, 5) is 12.7. The maximum Gasteiger partial charge on any atom is 0.274 e. The number of benzene rings is 2. The van der Waals surface area contributed by atoms with Crippen LogP contribution in [0.3, 0.4) is 0 Å². The summed E-state index contributed by atoms with van der Waals surface area (Å²) in [6.45, 7) is 1.78. The third kappa shape index (κ3) is 3.59. The number of aryl methyl sites for hydroxylation is 1. The molecule has 0 saturated carbocycles. The highest BCUT2D eigenvalue weighted by Crippen LogP contribution is 2.29. The molecule has 128 valence electrons. The third-order valence-electron chi connectivity index (χ3n) is 4.22. The normalized spacial score (nSPS) is 13.2. The van der Waals surface area contributed by atoms with Gasteiger partial charge in [-0.2, -0.15) is 0 Å². The quantitative estimate of drug-likeness (QED) is 0.749. The first-order valence-corrected chi connectivity index (χ1v) is 8.03. The van der Waals surface area contributed by atoms with Crippen LogP contribution in [0.1, 0.15) is 39.5 Å². The van der Waals surface area contributed by atoms with Crippen molar-refractivity contribution in [1.29, 1.82) is 0 Å². The highest BCUT2D eigenvalue weighted by atomic mass is 16.3. The summed E-state index contributed by atoms with van der Waals surface area (Å²) in [5.41, 5.74) is 2.46. The first-order chi connectivity index (χ1) is 12.1. The van der Waals surface area contributed by atoms with Crippen molar-refractivity contribution in [3.8, 4) is 0 Å². The van der Waals surface area contributed by atoms with Crippen molar-refractivity contribution in [1.82, 2.24) is 20.3 Å². The second kappa shape index (κ2) is 7.27. The van der Waals surface area contributed by atoms with Gasteiger partial charge in [0, 0.05) is 7.05 Å². The van der Waals surface area contributed by atoms with Crippen molar-refractivity contribution in [3.05, 3.63) is 83.2 Å². The SMILES string of the molecule is Cc1c(C(=O)N[C@H](c2ccccc2)[C@@H](O)c2ccccc2)nnn1C. The lowest BCUT2D eigenvalue weighted by Crippen LogP contribution is -2.33. The molecule has 1 amide bonds. The van der Waals surface area contributed by atoms with Crippen LogP contribution in [-0.4, -0.2) is 26.0 Å². The van der Waals surface area contributed by atoms with E-state index in [0.717, 1.165) is 11.1 Å². The van der Waals surface area contributed by atoms with E-state index >= 15 is 0 Å². The van der Waals surface area contributed by atoms with Crippen LogP contribution >= 0.6 is 0 Å². The largest absolute Gasteiger partial charge is 0.386 e. The molecule has 0 fully saturated rings. The minimum absolute atomic E-state index is 0.253. The lowest BCUT2D eigenvalue weighted by Gasteiger charge is -2.25. The summed E-state index contributed by atoms with van der Waals surface area (Å²) in [6.07, 6.45) is -0.885. The Morgan fingerprint density at radius 1 is 1.04 bits per heavy atom. The van der Waals surface area contributed by atoms with Gasteiger partial charge in [0.1, 0.15) is 6.10 Å². The topological polar surface area (TPSA) is 80.0 Å². The molecule has 3 aromatic rings. The number of nitrogens with one attached hydrogen (secondary N) is 1. The zero-order chi connectivity index (χ0) is 17.8. The zero-order valence-electron chi connectivity index (χ0n) is 14.1. The van der Waals surface area contributed by atoms with Gasteiger partial charge in [0.25, 0.3) is 5.91 Å². The first kappa shape index (κ1) is 16.9. The maximum absolute atomic E-state index is 12.7. The minimum Gasteiger partial charge on any atom is -0.386 e. The van der Waals surface area contributed by atoms with Crippen LogP contribution in [0.5, 0.6) is 0 Å². The van der Waals surface area contributed by atoms with Crippen LogP contribution in [0.15, 0.2) is 60.7 Å². The van der Waals surface area contributed by atoms with E-state index in [-0.39, 0.29) is 11.6 Å². The number of aliphatic hydroxyl groups is 1. The molecule has 2 aromatic carbocycles. The summed E-state index contributed by atoms with van der Waals surface area (Å²) >= 11 is 0. The Labute approximate surface area is 146 Å². The van der Waals surface area contributed by atoms with Crippen LogP contribution in [0.4, 0.5) is 0 Å². The number of aliphatic hydroxyl groups excluding tert-OH is 1. The van der Waals surface area contributed by atoms with E-state index in [1.807, 2.05) is 60.7 Å². The molecule has 0 aliphatic rings. The summed E-state index contributed by atoms with van der Waals surface area (Å²) in [5, 5.41) is 21.5. The molecule has 1 aromatic heterocycles. The molecule has 2 N–H and O–H groups in total. The molecular weight excluding hydrogens is 316 g/mol. The van der Waals surface area contributed by atoms with Gasteiger partial charge in [-0.15, -0.1) is 5.10 Å². The van der Waals surface area contributed by atoms with Crippen LogP contribution in [0.25, 0.3) is 0 Å². The molecule has 25 heavy (non-hydrogen) atoms. The molecule has 1 heterocycles. The minimum atomic E-state index is -0.885. The van der Waals surface area contributed by atoms with E-state index in [0.29, 0.717) is 5.69 Å². The van der Waals surface area contributed by atoms with Crippen molar-refractivity contribution in [2.24, 2.45) is 7.05 Å². The van der Waals surface area contributed by atoms with E-state index in [9.17, 15) is 9.90 Å². The summed E-state index contributed by atoms with van der Waals surface area (Å²) in [7, 11) is 1.73. The van der Waals surface area contributed by atoms with Crippen molar-refractivity contribution >= 4 is 5.91 Å². The van der Waals surface area contributed by atoms with Gasteiger partial charge < -0.3 is 10.4 Å². The molecule has 0 aliphatic carbocycles. The van der Waals surface area contributed by atoms with Crippen LogP contribution < -0.4 is 5.32 Å². The molecule has 0 saturated heterocycles. The van der Waals surface area contributed by atoms with E-state index in [1.54, 1.807) is 18.7 Å². The van der Waals surface area contributed by atoms with Crippen LogP contribution in [-0.2, 0) is 7.05 Å². The zero-order valence-corrected chi connectivity index (χ0v) is 14.1. The third-order valence-corrected chi connectivity index (χ3v) is 4.22. The van der Waals surface area contributed by atoms with Gasteiger partial charge in [-0.25, -0.2) is 0 Å². The second-order valence-electron chi connectivity index (χ2n) is 5.86. The lowest BCUT2D eigenvalue weighted by molar-refractivity contribution is 0.0826. The Morgan fingerprint density at radius 3 is 2.12 bits per heavy atom. The highest BCUT2D eigenvalue weighted by molar-refractivity contribution is 5.93. The fourth-order valence-electron chi connectivity index (χ4n) is 2.67. The lowest BCUT2D eigenvalue weighted by atomic mass is 9.95.